The van der Waals surface area contributed by atoms with Crippen molar-refractivity contribution in [2.45, 2.75) is 11.8 Å². The molecule has 0 spiro atoms. The first-order valence-corrected chi connectivity index (χ1v) is 7.78. The van der Waals surface area contributed by atoms with Crippen LogP contribution < -0.4 is 0 Å². The Morgan fingerprint density at radius 1 is 0.857 bits per heavy atom. The second-order valence-electron chi connectivity index (χ2n) is 4.90. The molecule has 2 aromatic rings. The van der Waals surface area contributed by atoms with Gasteiger partial charge in [0, 0.05) is 27.8 Å². The molecule has 0 unspecified atom stereocenters. The summed E-state index contributed by atoms with van der Waals surface area (Å²) in [6.07, 6.45) is 0.131. The van der Waals surface area contributed by atoms with Crippen molar-refractivity contribution in [3.05, 3.63) is 70.2 Å². The molecule has 0 bridgehead atoms. The van der Waals surface area contributed by atoms with Gasteiger partial charge in [-0.15, -0.1) is 23.2 Å². The van der Waals surface area contributed by atoms with Gasteiger partial charge in [-0.25, -0.2) is 8.78 Å². The fourth-order valence-corrected chi connectivity index (χ4v) is 3.29. The molecular weight excluding hydrogens is 337 g/mol. The summed E-state index contributed by atoms with van der Waals surface area (Å²) >= 11 is 18.2. The molecule has 2 aromatic carbocycles. The van der Waals surface area contributed by atoms with Crippen molar-refractivity contribution >= 4 is 34.8 Å². The second kappa shape index (κ2) is 6.95. The molecule has 0 aliphatic heterocycles. The molecule has 0 aliphatic carbocycles. The summed E-state index contributed by atoms with van der Waals surface area (Å²) in [5, 5.41) is 0.283. The number of alkyl halides is 2. The van der Waals surface area contributed by atoms with Gasteiger partial charge in [0.05, 0.1) is 0 Å². The molecule has 0 aliphatic rings. The van der Waals surface area contributed by atoms with E-state index in [1.165, 1.54) is 18.2 Å². The van der Waals surface area contributed by atoms with E-state index in [4.69, 9.17) is 34.8 Å². The lowest BCUT2D eigenvalue weighted by atomic mass is 9.78. The van der Waals surface area contributed by atoms with Crippen LogP contribution in [0, 0.1) is 11.6 Å². The fourth-order valence-electron chi connectivity index (χ4n) is 2.30. The average Bonchev–Trinajstić information content (AvgIpc) is 2.49. The number of halogens is 5. The molecule has 0 N–H and O–H groups in total. The van der Waals surface area contributed by atoms with E-state index in [1.54, 1.807) is 24.3 Å². The van der Waals surface area contributed by atoms with Crippen LogP contribution in [0.2, 0.25) is 5.02 Å². The van der Waals surface area contributed by atoms with E-state index in [0.29, 0.717) is 11.1 Å². The Kier molecular flexibility index (Phi) is 5.48. The molecule has 0 aromatic heterocycles. The molecular formula is C16H13Cl3F2. The van der Waals surface area contributed by atoms with Crippen molar-refractivity contribution in [1.82, 2.24) is 0 Å². The van der Waals surface area contributed by atoms with Gasteiger partial charge in [0.15, 0.2) is 0 Å². The van der Waals surface area contributed by atoms with E-state index >= 15 is 0 Å². The summed E-state index contributed by atoms with van der Waals surface area (Å²) in [4.78, 5) is 0. The third kappa shape index (κ3) is 3.33. The predicted octanol–water partition coefficient (Wildman–Crippen LogP) is 5.58. The molecule has 0 nitrogen and oxygen atoms in total. The third-order valence-electron chi connectivity index (χ3n) is 3.53. The Morgan fingerprint density at radius 2 is 1.48 bits per heavy atom. The zero-order valence-corrected chi connectivity index (χ0v) is 13.3. The SMILES string of the molecule is Fc1ccccc1C(CCl)(CCl)Cc1c(F)cccc1Cl. The van der Waals surface area contributed by atoms with E-state index < -0.39 is 17.0 Å². The topological polar surface area (TPSA) is 0 Å². The van der Waals surface area contributed by atoms with Crippen molar-refractivity contribution in [2.24, 2.45) is 0 Å². The van der Waals surface area contributed by atoms with Crippen LogP contribution in [-0.4, -0.2) is 11.8 Å². The van der Waals surface area contributed by atoms with E-state index in [9.17, 15) is 8.78 Å². The Labute approximate surface area is 137 Å². The highest BCUT2D eigenvalue weighted by Gasteiger charge is 2.35. The van der Waals surface area contributed by atoms with Crippen molar-refractivity contribution in [3.63, 3.8) is 0 Å². The summed E-state index contributed by atoms with van der Waals surface area (Å²) in [5.41, 5.74) is -0.252. The van der Waals surface area contributed by atoms with Gasteiger partial charge < -0.3 is 0 Å². The van der Waals surface area contributed by atoms with Gasteiger partial charge >= 0.3 is 0 Å². The minimum absolute atomic E-state index is 0.0576. The Bertz CT molecular complexity index is 604. The number of benzene rings is 2. The summed E-state index contributed by atoms with van der Waals surface area (Å²) in [6, 6.07) is 10.7. The number of hydrogen-bond acceptors (Lipinski definition) is 0. The minimum atomic E-state index is -0.916. The van der Waals surface area contributed by atoms with Crippen molar-refractivity contribution in [1.29, 1.82) is 0 Å². The summed E-state index contributed by atoms with van der Waals surface area (Å²) in [7, 11) is 0. The van der Waals surface area contributed by atoms with Crippen LogP contribution >= 0.6 is 34.8 Å². The maximum absolute atomic E-state index is 14.1. The van der Waals surface area contributed by atoms with Gasteiger partial charge in [-0.2, -0.15) is 0 Å². The smallest absolute Gasteiger partial charge is 0.127 e. The van der Waals surface area contributed by atoms with Crippen LogP contribution in [0.15, 0.2) is 42.5 Å². The lowest BCUT2D eigenvalue weighted by Crippen LogP contribution is -2.35. The second-order valence-corrected chi connectivity index (χ2v) is 5.85. The zero-order chi connectivity index (χ0) is 15.5. The lowest BCUT2D eigenvalue weighted by molar-refractivity contribution is 0.478. The van der Waals surface area contributed by atoms with E-state index in [-0.39, 0.29) is 23.2 Å². The van der Waals surface area contributed by atoms with Crippen LogP contribution in [-0.2, 0) is 11.8 Å². The van der Waals surface area contributed by atoms with Gasteiger partial charge in [-0.1, -0.05) is 35.9 Å². The predicted molar refractivity (Wildman–Crippen MR) is 84.6 cm³/mol. The molecule has 0 saturated carbocycles. The fraction of sp³-hybridized carbons (Fsp3) is 0.250. The highest BCUT2D eigenvalue weighted by molar-refractivity contribution is 6.31. The van der Waals surface area contributed by atoms with Crippen LogP contribution in [0.1, 0.15) is 11.1 Å². The molecule has 2 rings (SSSR count). The largest absolute Gasteiger partial charge is 0.207 e. The first-order valence-electron chi connectivity index (χ1n) is 6.34. The number of rotatable bonds is 5. The standard InChI is InChI=1S/C16H13Cl3F2/c17-9-16(10-18,12-4-1-2-6-15(12)21)8-11-13(19)5-3-7-14(11)20/h1-7H,8-10H2. The first-order chi connectivity index (χ1) is 10.0. The van der Waals surface area contributed by atoms with E-state index in [0.717, 1.165) is 0 Å². The summed E-state index contributed by atoms with van der Waals surface area (Å²) in [5.74, 6) is -0.741. The molecule has 0 atom stereocenters. The third-order valence-corrected chi connectivity index (χ3v) is 4.91. The van der Waals surface area contributed by atoms with Crippen LogP contribution in [0.25, 0.3) is 0 Å². The Balaban J connectivity index is 2.51. The summed E-state index contributed by atoms with van der Waals surface area (Å²) < 4.78 is 28.1. The minimum Gasteiger partial charge on any atom is -0.207 e. The monoisotopic (exact) mass is 348 g/mol. The maximum atomic E-state index is 14.1. The average molecular weight is 350 g/mol. The van der Waals surface area contributed by atoms with Gasteiger partial charge in [0.25, 0.3) is 0 Å². The molecule has 0 fully saturated rings. The van der Waals surface area contributed by atoms with Crippen molar-refractivity contribution < 1.29 is 8.78 Å². The van der Waals surface area contributed by atoms with Gasteiger partial charge in [0.2, 0.25) is 0 Å². The van der Waals surface area contributed by atoms with Gasteiger partial charge in [-0.05, 0) is 30.2 Å². The number of hydrogen-bond donors (Lipinski definition) is 0. The molecule has 0 amide bonds. The Hall–Kier alpha value is -0.830. The van der Waals surface area contributed by atoms with Crippen molar-refractivity contribution in [3.8, 4) is 0 Å². The molecule has 21 heavy (non-hydrogen) atoms. The van der Waals surface area contributed by atoms with Gasteiger partial charge in [-0.3, -0.25) is 0 Å². The molecule has 5 heteroatoms. The van der Waals surface area contributed by atoms with Crippen molar-refractivity contribution in [2.75, 3.05) is 11.8 Å². The van der Waals surface area contributed by atoms with Gasteiger partial charge in [0.1, 0.15) is 11.6 Å². The molecule has 0 saturated heterocycles. The molecule has 0 radical (unpaired) electrons. The highest BCUT2D eigenvalue weighted by atomic mass is 35.5. The lowest BCUT2D eigenvalue weighted by Gasteiger charge is -2.31. The van der Waals surface area contributed by atoms with E-state index in [2.05, 4.69) is 0 Å². The molecule has 112 valence electrons. The van der Waals surface area contributed by atoms with Crippen LogP contribution in [0.4, 0.5) is 8.78 Å². The first kappa shape index (κ1) is 16.5. The zero-order valence-electron chi connectivity index (χ0n) is 11.1. The van der Waals surface area contributed by atoms with Crippen LogP contribution in [0.5, 0.6) is 0 Å². The van der Waals surface area contributed by atoms with Crippen LogP contribution in [0.3, 0.4) is 0 Å². The quantitative estimate of drug-likeness (QED) is 0.618. The van der Waals surface area contributed by atoms with E-state index in [1.807, 2.05) is 0 Å². The maximum Gasteiger partial charge on any atom is 0.127 e. The summed E-state index contributed by atoms with van der Waals surface area (Å²) in [6.45, 7) is 0. The highest BCUT2D eigenvalue weighted by Crippen LogP contribution is 2.36. The Morgan fingerprint density at radius 3 is 2.05 bits per heavy atom. The molecule has 0 heterocycles. The normalized spacial score (nSPS) is 11.7.